The van der Waals surface area contributed by atoms with Crippen LogP contribution in [-0.2, 0) is 4.79 Å². The second-order valence-corrected chi connectivity index (χ2v) is 6.97. The topological polar surface area (TPSA) is 116 Å². The van der Waals surface area contributed by atoms with Crippen molar-refractivity contribution in [3.05, 3.63) is 68.6 Å². The molecule has 0 unspecified atom stereocenters. The number of nitro benzene ring substituents is 1. The first-order valence-corrected chi connectivity index (χ1v) is 8.66. The fourth-order valence-electron chi connectivity index (χ4n) is 2.19. The van der Waals surface area contributed by atoms with Crippen molar-refractivity contribution in [3.63, 3.8) is 0 Å². The normalized spacial score (nSPS) is 15.9. The molecule has 2 aromatic carbocycles. The number of amides is 1. The van der Waals surface area contributed by atoms with E-state index < -0.39 is 10.8 Å². The first-order chi connectivity index (χ1) is 12.9. The number of aromatic hydroxyl groups is 2. The van der Waals surface area contributed by atoms with Crippen LogP contribution in [0.4, 0.5) is 5.69 Å². The molecule has 1 amide bonds. The molecule has 0 bridgehead atoms. The molecule has 0 radical (unpaired) electrons. The van der Waals surface area contributed by atoms with Gasteiger partial charge in [-0.2, -0.15) is 10.1 Å². The zero-order valence-corrected chi connectivity index (χ0v) is 15.1. The van der Waals surface area contributed by atoms with Crippen LogP contribution in [-0.4, -0.2) is 36.6 Å². The molecule has 2 N–H and O–H groups in total. The number of phenolic OH excluding ortho intramolecular Hbond substituents is 2. The number of nitro groups is 1. The lowest BCUT2D eigenvalue weighted by molar-refractivity contribution is -0.384. The first-order valence-electron chi connectivity index (χ1n) is 7.44. The van der Waals surface area contributed by atoms with Crippen LogP contribution >= 0.6 is 24.0 Å². The van der Waals surface area contributed by atoms with E-state index in [2.05, 4.69) is 5.10 Å². The van der Waals surface area contributed by atoms with Gasteiger partial charge in [-0.15, -0.1) is 0 Å². The Balaban J connectivity index is 1.86. The van der Waals surface area contributed by atoms with Gasteiger partial charge in [0.15, 0.2) is 4.32 Å². The molecule has 0 saturated carbocycles. The van der Waals surface area contributed by atoms with E-state index in [9.17, 15) is 25.1 Å². The molecule has 1 saturated heterocycles. The highest BCUT2D eigenvalue weighted by Gasteiger charge is 2.32. The SMILES string of the molecule is O=C1C(=Cc2ccccc2O)SC(=S)N1/N=C/c1cc([N+](=O)[O-])ccc1O. The molecule has 0 atom stereocenters. The van der Waals surface area contributed by atoms with E-state index in [1.54, 1.807) is 18.2 Å². The number of hydrogen-bond donors (Lipinski definition) is 2. The Hall–Kier alpha value is -3.24. The Bertz CT molecular complexity index is 1020. The highest BCUT2D eigenvalue weighted by molar-refractivity contribution is 8.26. The quantitative estimate of drug-likeness (QED) is 0.266. The number of hydrogen-bond acceptors (Lipinski definition) is 8. The Kier molecular flexibility index (Phi) is 5.19. The van der Waals surface area contributed by atoms with E-state index >= 15 is 0 Å². The highest BCUT2D eigenvalue weighted by atomic mass is 32.2. The van der Waals surface area contributed by atoms with Gasteiger partial charge in [0, 0.05) is 23.3 Å². The summed E-state index contributed by atoms with van der Waals surface area (Å²) in [5.74, 6) is -0.707. The van der Waals surface area contributed by atoms with Crippen LogP contribution in [0.15, 0.2) is 52.5 Å². The van der Waals surface area contributed by atoms with E-state index in [0.717, 1.165) is 35.1 Å². The average molecular weight is 401 g/mol. The van der Waals surface area contributed by atoms with E-state index in [1.165, 1.54) is 18.2 Å². The number of nitrogens with zero attached hydrogens (tertiary/aromatic N) is 3. The minimum atomic E-state index is -0.606. The third kappa shape index (κ3) is 3.96. The van der Waals surface area contributed by atoms with Gasteiger partial charge in [-0.1, -0.05) is 30.0 Å². The van der Waals surface area contributed by atoms with E-state index in [0.29, 0.717) is 5.56 Å². The van der Waals surface area contributed by atoms with Gasteiger partial charge >= 0.3 is 0 Å². The van der Waals surface area contributed by atoms with Crippen molar-refractivity contribution in [1.82, 2.24) is 5.01 Å². The van der Waals surface area contributed by atoms with E-state index in [1.807, 2.05) is 0 Å². The third-order valence-corrected chi connectivity index (χ3v) is 4.81. The molecular weight excluding hydrogens is 390 g/mol. The molecule has 136 valence electrons. The minimum absolute atomic E-state index is 0.0211. The fraction of sp³-hybridized carbons (Fsp3) is 0. The predicted molar refractivity (Wildman–Crippen MR) is 105 cm³/mol. The molecule has 0 spiro atoms. The van der Waals surface area contributed by atoms with Gasteiger partial charge in [0.25, 0.3) is 11.6 Å². The number of carbonyl (C=O) groups is 1. The van der Waals surface area contributed by atoms with Gasteiger partial charge in [-0.25, -0.2) is 0 Å². The van der Waals surface area contributed by atoms with Crippen LogP contribution in [0.25, 0.3) is 6.08 Å². The van der Waals surface area contributed by atoms with Crippen molar-refractivity contribution >= 4 is 52.2 Å². The van der Waals surface area contributed by atoms with Gasteiger partial charge in [-0.05, 0) is 30.4 Å². The lowest BCUT2D eigenvalue weighted by Gasteiger charge is -2.06. The van der Waals surface area contributed by atoms with Gasteiger partial charge in [-0.3, -0.25) is 14.9 Å². The van der Waals surface area contributed by atoms with E-state index in [-0.39, 0.29) is 32.0 Å². The predicted octanol–water partition coefficient (Wildman–Crippen LogP) is 3.24. The van der Waals surface area contributed by atoms with Crippen molar-refractivity contribution in [2.24, 2.45) is 5.10 Å². The largest absolute Gasteiger partial charge is 0.507 e. The fourth-order valence-corrected chi connectivity index (χ4v) is 3.35. The standard InChI is InChI=1S/C17H11N3O5S2/c21-13-4-2-1-3-10(13)8-15-16(23)19(17(26)27-15)18-9-11-7-12(20(24)25)5-6-14(11)22/h1-9,21-22H/b15-8?,18-9+. The summed E-state index contributed by atoms with van der Waals surface area (Å²) in [7, 11) is 0. The number of non-ortho nitro benzene ring substituents is 1. The number of rotatable bonds is 4. The molecule has 1 aliphatic rings. The molecule has 2 aromatic rings. The van der Waals surface area contributed by atoms with Crippen LogP contribution < -0.4 is 0 Å². The lowest BCUT2D eigenvalue weighted by atomic mass is 10.2. The number of hydrazone groups is 1. The lowest BCUT2D eigenvalue weighted by Crippen LogP contribution is -2.22. The molecule has 10 heteroatoms. The zero-order chi connectivity index (χ0) is 19.6. The van der Waals surface area contributed by atoms with E-state index in [4.69, 9.17) is 12.2 Å². The molecule has 1 fully saturated rings. The van der Waals surface area contributed by atoms with Crippen molar-refractivity contribution in [1.29, 1.82) is 0 Å². The summed E-state index contributed by atoms with van der Waals surface area (Å²) in [5, 5.41) is 35.3. The van der Waals surface area contributed by atoms with Crippen LogP contribution in [0.1, 0.15) is 11.1 Å². The minimum Gasteiger partial charge on any atom is -0.507 e. The molecule has 0 aromatic heterocycles. The second-order valence-electron chi connectivity index (χ2n) is 5.30. The van der Waals surface area contributed by atoms with Crippen LogP contribution in [0.3, 0.4) is 0 Å². The smallest absolute Gasteiger partial charge is 0.286 e. The third-order valence-electron chi connectivity index (χ3n) is 3.53. The molecular formula is C17H11N3O5S2. The molecule has 0 aliphatic carbocycles. The maximum atomic E-state index is 12.5. The molecule has 1 aliphatic heterocycles. The monoisotopic (exact) mass is 401 g/mol. The van der Waals surface area contributed by atoms with Crippen molar-refractivity contribution < 1.29 is 19.9 Å². The number of carbonyl (C=O) groups excluding carboxylic acids is 1. The second kappa shape index (κ2) is 7.56. The van der Waals surface area contributed by atoms with Crippen LogP contribution in [0.5, 0.6) is 11.5 Å². The molecule has 27 heavy (non-hydrogen) atoms. The summed E-state index contributed by atoms with van der Waals surface area (Å²) in [6.45, 7) is 0. The number of thiocarbonyl (C=S) groups is 1. The van der Waals surface area contributed by atoms with Gasteiger partial charge in [0.05, 0.1) is 16.0 Å². The summed E-state index contributed by atoms with van der Waals surface area (Å²) < 4.78 is 0.155. The Morgan fingerprint density at radius 3 is 2.56 bits per heavy atom. The van der Waals surface area contributed by atoms with Gasteiger partial charge in [0.2, 0.25) is 0 Å². The Labute approximate surface area is 162 Å². The first kappa shape index (κ1) is 18.5. The van der Waals surface area contributed by atoms with Crippen LogP contribution in [0, 0.1) is 10.1 Å². The summed E-state index contributed by atoms with van der Waals surface area (Å²) in [4.78, 5) is 23.0. The van der Waals surface area contributed by atoms with Crippen molar-refractivity contribution in [3.8, 4) is 11.5 Å². The Morgan fingerprint density at radius 2 is 1.85 bits per heavy atom. The number of thioether (sulfide) groups is 1. The van der Waals surface area contributed by atoms with Crippen molar-refractivity contribution in [2.45, 2.75) is 0 Å². The highest BCUT2D eigenvalue weighted by Crippen LogP contribution is 2.34. The van der Waals surface area contributed by atoms with Crippen LogP contribution in [0.2, 0.25) is 0 Å². The number of benzene rings is 2. The number of phenols is 2. The molecule has 1 heterocycles. The summed E-state index contributed by atoms with van der Waals surface area (Å²) in [6, 6.07) is 9.98. The zero-order valence-electron chi connectivity index (χ0n) is 13.5. The average Bonchev–Trinajstić information content (AvgIpc) is 2.89. The Morgan fingerprint density at radius 1 is 1.15 bits per heavy atom. The number of para-hydroxylation sites is 1. The molecule has 8 nitrogen and oxygen atoms in total. The molecule has 3 rings (SSSR count). The summed E-state index contributed by atoms with van der Waals surface area (Å²) >= 11 is 6.15. The maximum Gasteiger partial charge on any atom is 0.286 e. The summed E-state index contributed by atoms with van der Waals surface area (Å²) in [5.41, 5.74) is 0.306. The van der Waals surface area contributed by atoms with Gasteiger partial charge < -0.3 is 10.2 Å². The van der Waals surface area contributed by atoms with Gasteiger partial charge in [0.1, 0.15) is 11.5 Å². The van der Waals surface area contributed by atoms with Crippen molar-refractivity contribution in [2.75, 3.05) is 0 Å². The summed E-state index contributed by atoms with van der Waals surface area (Å²) in [6.07, 6.45) is 2.62. The maximum absolute atomic E-state index is 12.5.